The number of nitro groups is 1. The summed E-state index contributed by atoms with van der Waals surface area (Å²) in [4.78, 5) is 24.8. The Balaban J connectivity index is 3.47. The first kappa shape index (κ1) is 15.5. The standard InChI is InChI=1S/C10H11F2N3O5/c1-4-6(10(16)17)9(20-3-5(11)12)14-8(13-2)7(4)15(18)19/h5H,3H2,1-2H3,(H,13,14)(H,16,17). The fraction of sp³-hybridized carbons (Fsp3) is 0.400. The average molecular weight is 291 g/mol. The van der Waals surface area contributed by atoms with Crippen LogP contribution < -0.4 is 10.1 Å². The topological polar surface area (TPSA) is 115 Å². The van der Waals surface area contributed by atoms with Crippen LogP contribution >= 0.6 is 0 Å². The first-order chi connectivity index (χ1) is 9.29. The van der Waals surface area contributed by atoms with Crippen LogP contribution in [0.5, 0.6) is 5.88 Å². The number of aromatic nitrogens is 1. The maximum atomic E-state index is 12.1. The summed E-state index contributed by atoms with van der Waals surface area (Å²) in [6.07, 6.45) is -2.83. The maximum Gasteiger partial charge on any atom is 0.341 e. The maximum absolute atomic E-state index is 12.1. The minimum atomic E-state index is -2.83. The number of anilines is 1. The number of hydrogen-bond acceptors (Lipinski definition) is 6. The van der Waals surface area contributed by atoms with Gasteiger partial charge in [0.05, 0.1) is 10.5 Å². The molecular formula is C10H11F2N3O5. The smallest absolute Gasteiger partial charge is 0.341 e. The van der Waals surface area contributed by atoms with E-state index in [4.69, 9.17) is 5.11 Å². The van der Waals surface area contributed by atoms with Crippen molar-refractivity contribution in [3.05, 3.63) is 21.2 Å². The van der Waals surface area contributed by atoms with Crippen molar-refractivity contribution in [3.63, 3.8) is 0 Å². The van der Waals surface area contributed by atoms with E-state index >= 15 is 0 Å². The summed E-state index contributed by atoms with van der Waals surface area (Å²) in [7, 11) is 1.33. The fourth-order valence-corrected chi connectivity index (χ4v) is 1.56. The number of nitrogens with zero attached hydrogens (tertiary/aromatic N) is 2. The van der Waals surface area contributed by atoms with Crippen molar-refractivity contribution in [2.75, 3.05) is 19.0 Å². The number of halogens is 2. The third-order valence-corrected chi connectivity index (χ3v) is 2.36. The normalized spacial score (nSPS) is 10.4. The zero-order valence-electron chi connectivity index (χ0n) is 10.5. The number of hydrogen-bond donors (Lipinski definition) is 2. The second-order valence-electron chi connectivity index (χ2n) is 3.63. The molecule has 0 amide bonds. The van der Waals surface area contributed by atoms with Gasteiger partial charge in [0.1, 0.15) is 5.56 Å². The SMILES string of the molecule is CNc1nc(OCC(F)F)c(C(=O)O)c(C)c1[N+](=O)[O-]. The molecule has 0 atom stereocenters. The molecule has 0 radical (unpaired) electrons. The Labute approximate surface area is 111 Å². The lowest BCUT2D eigenvalue weighted by atomic mass is 10.1. The molecule has 0 fully saturated rings. The number of carboxylic acids is 1. The number of alkyl halides is 2. The van der Waals surface area contributed by atoms with Gasteiger partial charge in [0, 0.05) is 7.05 Å². The van der Waals surface area contributed by atoms with Gasteiger partial charge in [-0.2, -0.15) is 4.98 Å². The average Bonchev–Trinajstić information content (AvgIpc) is 2.33. The summed E-state index contributed by atoms with van der Waals surface area (Å²) < 4.78 is 28.9. The largest absolute Gasteiger partial charge is 0.477 e. The number of pyridine rings is 1. The summed E-state index contributed by atoms with van der Waals surface area (Å²) in [6.45, 7) is 0.118. The highest BCUT2D eigenvalue weighted by atomic mass is 19.3. The fourth-order valence-electron chi connectivity index (χ4n) is 1.56. The molecule has 0 aliphatic rings. The molecule has 0 bridgehead atoms. The highest BCUT2D eigenvalue weighted by Gasteiger charge is 2.29. The van der Waals surface area contributed by atoms with Crippen LogP contribution in [0, 0.1) is 17.0 Å². The van der Waals surface area contributed by atoms with Gasteiger partial charge >= 0.3 is 11.7 Å². The second-order valence-corrected chi connectivity index (χ2v) is 3.63. The van der Waals surface area contributed by atoms with E-state index in [0.717, 1.165) is 0 Å². The van der Waals surface area contributed by atoms with Gasteiger partial charge in [-0.25, -0.2) is 13.6 Å². The molecule has 0 aliphatic carbocycles. The minimum absolute atomic E-state index is 0.230. The van der Waals surface area contributed by atoms with Crippen molar-refractivity contribution in [1.29, 1.82) is 0 Å². The molecular weight excluding hydrogens is 280 g/mol. The molecule has 20 heavy (non-hydrogen) atoms. The van der Waals surface area contributed by atoms with Gasteiger partial charge in [-0.05, 0) is 6.92 Å². The van der Waals surface area contributed by atoms with Crippen molar-refractivity contribution >= 4 is 17.5 Å². The second kappa shape index (κ2) is 6.08. The Bertz CT molecular complexity index is 550. The Morgan fingerprint density at radius 1 is 1.60 bits per heavy atom. The molecule has 1 aromatic heterocycles. The van der Waals surface area contributed by atoms with Gasteiger partial charge in [-0.3, -0.25) is 10.1 Å². The van der Waals surface area contributed by atoms with E-state index in [1.54, 1.807) is 0 Å². The summed E-state index contributed by atoms with van der Waals surface area (Å²) in [5.41, 5.74) is -1.39. The molecule has 0 spiro atoms. The quantitative estimate of drug-likeness (QED) is 0.605. The molecule has 0 aromatic carbocycles. The van der Waals surface area contributed by atoms with Crippen molar-refractivity contribution in [2.45, 2.75) is 13.3 Å². The third-order valence-electron chi connectivity index (χ3n) is 2.36. The van der Waals surface area contributed by atoms with Crippen molar-refractivity contribution in [2.24, 2.45) is 0 Å². The van der Waals surface area contributed by atoms with Crippen LogP contribution in [0.2, 0.25) is 0 Å². The Hall–Kier alpha value is -2.52. The first-order valence-corrected chi connectivity index (χ1v) is 5.30. The number of carbonyl (C=O) groups is 1. The molecule has 0 aliphatic heterocycles. The number of ether oxygens (including phenoxy) is 1. The van der Waals surface area contributed by atoms with Crippen molar-refractivity contribution in [1.82, 2.24) is 4.98 Å². The molecule has 10 heteroatoms. The van der Waals surface area contributed by atoms with Crippen LogP contribution in [0.4, 0.5) is 20.3 Å². The van der Waals surface area contributed by atoms with Gasteiger partial charge in [0.25, 0.3) is 6.43 Å². The van der Waals surface area contributed by atoms with Crippen LogP contribution in [0.3, 0.4) is 0 Å². The van der Waals surface area contributed by atoms with Crippen molar-refractivity contribution in [3.8, 4) is 5.88 Å². The number of aromatic carboxylic acids is 1. The van der Waals surface area contributed by atoms with Crippen LogP contribution in [-0.4, -0.2) is 41.1 Å². The Kier molecular flexibility index (Phi) is 4.73. The number of carboxylic acid groups (broad SMARTS) is 1. The van der Waals surface area contributed by atoms with Crippen LogP contribution in [0.25, 0.3) is 0 Å². The predicted molar refractivity (Wildman–Crippen MR) is 63.6 cm³/mol. The molecule has 0 unspecified atom stereocenters. The Morgan fingerprint density at radius 3 is 2.60 bits per heavy atom. The van der Waals surface area contributed by atoms with E-state index in [1.165, 1.54) is 14.0 Å². The molecule has 8 nitrogen and oxygen atoms in total. The van der Waals surface area contributed by atoms with Crippen LogP contribution in [0.15, 0.2) is 0 Å². The molecule has 1 aromatic rings. The minimum Gasteiger partial charge on any atom is -0.477 e. The molecule has 1 heterocycles. The molecule has 2 N–H and O–H groups in total. The first-order valence-electron chi connectivity index (χ1n) is 5.30. The predicted octanol–water partition coefficient (Wildman–Crippen LogP) is 1.68. The van der Waals surface area contributed by atoms with E-state index in [1.807, 2.05) is 0 Å². The highest BCUT2D eigenvalue weighted by Crippen LogP contribution is 2.34. The molecule has 0 saturated heterocycles. The van der Waals surface area contributed by atoms with Crippen LogP contribution in [-0.2, 0) is 0 Å². The van der Waals surface area contributed by atoms with Gasteiger partial charge in [-0.1, -0.05) is 0 Å². The lowest BCUT2D eigenvalue weighted by molar-refractivity contribution is -0.384. The summed E-state index contributed by atoms with van der Waals surface area (Å²) >= 11 is 0. The lowest BCUT2D eigenvalue weighted by Crippen LogP contribution is -2.15. The third kappa shape index (κ3) is 3.08. The van der Waals surface area contributed by atoms with Crippen molar-refractivity contribution < 1.29 is 28.3 Å². The van der Waals surface area contributed by atoms with Gasteiger partial charge < -0.3 is 15.2 Å². The van der Waals surface area contributed by atoms with E-state index in [-0.39, 0.29) is 11.4 Å². The number of nitrogens with one attached hydrogen (secondary N) is 1. The molecule has 110 valence electrons. The Morgan fingerprint density at radius 2 is 2.20 bits per heavy atom. The van der Waals surface area contributed by atoms with E-state index in [9.17, 15) is 23.7 Å². The monoisotopic (exact) mass is 291 g/mol. The van der Waals surface area contributed by atoms with Gasteiger partial charge in [-0.15, -0.1) is 0 Å². The summed E-state index contributed by atoms with van der Waals surface area (Å²) in [6, 6.07) is 0. The summed E-state index contributed by atoms with van der Waals surface area (Å²) in [5, 5.41) is 22.4. The highest BCUT2D eigenvalue weighted by molar-refractivity contribution is 5.94. The molecule has 1 rings (SSSR count). The molecule has 0 saturated carbocycles. The van der Waals surface area contributed by atoms with Gasteiger partial charge in [0.15, 0.2) is 6.61 Å². The van der Waals surface area contributed by atoms with E-state index < -0.39 is 41.1 Å². The van der Waals surface area contributed by atoms with Gasteiger partial charge in [0.2, 0.25) is 11.7 Å². The van der Waals surface area contributed by atoms with Crippen LogP contribution in [0.1, 0.15) is 15.9 Å². The zero-order valence-corrected chi connectivity index (χ0v) is 10.5. The lowest BCUT2D eigenvalue weighted by Gasteiger charge is -2.12. The zero-order chi connectivity index (χ0) is 15.4. The van der Waals surface area contributed by atoms with E-state index in [0.29, 0.717) is 0 Å². The number of rotatable bonds is 6. The van der Waals surface area contributed by atoms with E-state index in [2.05, 4.69) is 15.0 Å². The summed E-state index contributed by atoms with van der Waals surface area (Å²) in [5.74, 6) is -2.41.